The molecule has 0 atom stereocenters. The zero-order valence-corrected chi connectivity index (χ0v) is 17.6. The van der Waals surface area contributed by atoms with E-state index in [0.29, 0.717) is 11.1 Å². The summed E-state index contributed by atoms with van der Waals surface area (Å²) in [6.07, 6.45) is 8.25. The van der Waals surface area contributed by atoms with Crippen molar-refractivity contribution in [1.29, 1.82) is 0 Å². The zero-order valence-electron chi connectivity index (χ0n) is 15.2. The molecule has 26 heavy (non-hydrogen) atoms. The number of nitrogens with two attached hydrogens (primary N) is 1. The van der Waals surface area contributed by atoms with Gasteiger partial charge in [0.1, 0.15) is 0 Å². The molecule has 0 radical (unpaired) electrons. The van der Waals surface area contributed by atoms with E-state index in [2.05, 4.69) is 4.90 Å². The van der Waals surface area contributed by atoms with Crippen LogP contribution < -0.4 is 5.73 Å². The van der Waals surface area contributed by atoms with Crippen LogP contribution in [0.3, 0.4) is 0 Å². The number of nitrogens with zero attached hydrogens (tertiary/aromatic N) is 1. The van der Waals surface area contributed by atoms with E-state index in [1.54, 1.807) is 12.1 Å². The Labute approximate surface area is 174 Å². The monoisotopic (exact) mass is 420 g/mol. The lowest BCUT2D eigenvalue weighted by Gasteiger charge is -2.33. The van der Waals surface area contributed by atoms with Gasteiger partial charge in [-0.05, 0) is 94.8 Å². The van der Waals surface area contributed by atoms with E-state index in [1.165, 1.54) is 38.6 Å². The van der Waals surface area contributed by atoms with Crippen LogP contribution in [0.25, 0.3) is 0 Å². The summed E-state index contributed by atoms with van der Waals surface area (Å²) in [5.41, 5.74) is 6.79. The van der Waals surface area contributed by atoms with Gasteiger partial charge in [0.15, 0.2) is 5.78 Å². The van der Waals surface area contributed by atoms with Crippen LogP contribution >= 0.6 is 36.4 Å². The summed E-state index contributed by atoms with van der Waals surface area (Å²) in [4.78, 5) is 15.1. The van der Waals surface area contributed by atoms with Crippen molar-refractivity contribution in [2.75, 3.05) is 19.6 Å². The Morgan fingerprint density at radius 3 is 2.15 bits per heavy atom. The van der Waals surface area contributed by atoms with Crippen molar-refractivity contribution in [3.8, 4) is 0 Å². The maximum Gasteiger partial charge on any atom is 0.166 e. The number of carbonyl (C=O) groups excluding carboxylic acids is 1. The van der Waals surface area contributed by atoms with Crippen molar-refractivity contribution in [2.45, 2.75) is 51.0 Å². The van der Waals surface area contributed by atoms with Crippen molar-refractivity contribution in [2.24, 2.45) is 17.6 Å². The molecule has 6 heteroatoms. The molecule has 2 fully saturated rings. The van der Waals surface area contributed by atoms with E-state index in [-0.39, 0.29) is 36.5 Å². The largest absolute Gasteiger partial charge is 0.328 e. The summed E-state index contributed by atoms with van der Waals surface area (Å²) in [6.45, 7) is 3.29. The van der Waals surface area contributed by atoms with Gasteiger partial charge < -0.3 is 10.6 Å². The van der Waals surface area contributed by atoms with Crippen LogP contribution in [0.5, 0.6) is 0 Å². The molecule has 1 saturated heterocycles. The number of carbonyl (C=O) groups is 1. The third-order valence-corrected chi connectivity index (χ3v) is 6.08. The van der Waals surface area contributed by atoms with Crippen LogP contribution in [0.15, 0.2) is 24.3 Å². The third kappa shape index (κ3) is 6.69. The average molecular weight is 422 g/mol. The molecular weight excluding hydrogens is 391 g/mol. The molecule has 1 aromatic carbocycles. The highest BCUT2D eigenvalue weighted by Crippen LogP contribution is 2.27. The lowest BCUT2D eigenvalue weighted by Crippen LogP contribution is -2.38. The normalized spacial score (nSPS) is 24.4. The summed E-state index contributed by atoms with van der Waals surface area (Å²) >= 11 is 5.90. The first-order valence-corrected chi connectivity index (χ1v) is 9.77. The van der Waals surface area contributed by atoms with E-state index >= 15 is 0 Å². The Bertz CT molecular complexity index is 536. The maximum absolute atomic E-state index is 12.6. The number of likely N-dealkylation sites (tertiary alicyclic amines) is 1. The topological polar surface area (TPSA) is 46.3 Å². The van der Waals surface area contributed by atoms with Crippen LogP contribution in [-0.4, -0.2) is 36.4 Å². The molecule has 3 nitrogen and oxygen atoms in total. The Balaban J connectivity index is 0.00000169. The molecule has 0 spiro atoms. The lowest BCUT2D eigenvalue weighted by molar-refractivity contribution is 0.0833. The highest BCUT2D eigenvalue weighted by Gasteiger charge is 2.26. The van der Waals surface area contributed by atoms with Crippen LogP contribution in [0.2, 0.25) is 5.02 Å². The second-order valence-corrected chi connectivity index (χ2v) is 7.99. The Morgan fingerprint density at radius 1 is 1.00 bits per heavy atom. The van der Waals surface area contributed by atoms with E-state index in [9.17, 15) is 4.79 Å². The fourth-order valence-corrected chi connectivity index (χ4v) is 4.24. The fourth-order valence-electron chi connectivity index (χ4n) is 4.11. The number of Topliss-reactive ketones (excluding diaryl/α,β-unsaturated/α-hetero) is 1. The van der Waals surface area contributed by atoms with E-state index in [0.717, 1.165) is 37.4 Å². The number of hydrogen-bond donors (Lipinski definition) is 1. The van der Waals surface area contributed by atoms with Gasteiger partial charge in [-0.3, -0.25) is 4.79 Å². The number of hydrogen-bond acceptors (Lipinski definition) is 3. The first-order valence-electron chi connectivity index (χ1n) is 9.39. The first kappa shape index (κ1) is 23.7. The minimum atomic E-state index is 0. The Kier molecular flexibility index (Phi) is 10.5. The highest BCUT2D eigenvalue weighted by atomic mass is 35.5. The predicted molar refractivity (Wildman–Crippen MR) is 114 cm³/mol. The molecule has 1 aliphatic heterocycles. The fraction of sp³-hybridized carbons (Fsp3) is 0.650. The van der Waals surface area contributed by atoms with Gasteiger partial charge >= 0.3 is 0 Å². The summed E-state index contributed by atoms with van der Waals surface area (Å²) in [7, 11) is 0. The van der Waals surface area contributed by atoms with Gasteiger partial charge in [-0.1, -0.05) is 11.6 Å². The zero-order chi connectivity index (χ0) is 16.9. The molecule has 2 N–H and O–H groups in total. The summed E-state index contributed by atoms with van der Waals surface area (Å²) in [5, 5.41) is 0.685. The van der Waals surface area contributed by atoms with Crippen LogP contribution in [0.1, 0.15) is 55.3 Å². The smallest absolute Gasteiger partial charge is 0.166 e. The minimum Gasteiger partial charge on any atom is -0.328 e. The van der Waals surface area contributed by atoms with Gasteiger partial charge in [0.25, 0.3) is 0 Å². The van der Waals surface area contributed by atoms with Gasteiger partial charge in [0, 0.05) is 22.5 Å². The van der Waals surface area contributed by atoms with Crippen molar-refractivity contribution >= 4 is 42.2 Å². The molecule has 3 rings (SSSR count). The first-order chi connectivity index (χ1) is 11.6. The van der Waals surface area contributed by atoms with Gasteiger partial charge in [-0.2, -0.15) is 0 Å². The quantitative estimate of drug-likeness (QED) is 0.681. The summed E-state index contributed by atoms with van der Waals surface area (Å²) in [6, 6.07) is 7.76. The number of halogens is 3. The van der Waals surface area contributed by atoms with E-state index in [4.69, 9.17) is 17.3 Å². The molecule has 2 aliphatic rings. The van der Waals surface area contributed by atoms with Gasteiger partial charge in [-0.25, -0.2) is 0 Å². The molecule has 1 aromatic rings. The van der Waals surface area contributed by atoms with Gasteiger partial charge in [0.05, 0.1) is 0 Å². The van der Waals surface area contributed by atoms with E-state index in [1.807, 2.05) is 12.1 Å². The van der Waals surface area contributed by atoms with Crippen molar-refractivity contribution in [1.82, 2.24) is 4.90 Å². The molecule has 1 heterocycles. The highest BCUT2D eigenvalue weighted by molar-refractivity contribution is 6.30. The predicted octanol–water partition coefficient (Wildman–Crippen LogP) is 4.99. The summed E-state index contributed by atoms with van der Waals surface area (Å²) in [5.74, 6) is 1.32. The number of benzene rings is 1. The Morgan fingerprint density at radius 2 is 1.58 bits per heavy atom. The molecule has 148 valence electrons. The summed E-state index contributed by atoms with van der Waals surface area (Å²) < 4.78 is 0. The van der Waals surface area contributed by atoms with Crippen molar-refractivity contribution < 1.29 is 4.79 Å². The lowest BCUT2D eigenvalue weighted by atomic mass is 9.84. The van der Waals surface area contributed by atoms with Crippen molar-refractivity contribution in [3.63, 3.8) is 0 Å². The number of piperidine rings is 1. The van der Waals surface area contributed by atoms with Gasteiger partial charge in [-0.15, -0.1) is 24.8 Å². The second-order valence-electron chi connectivity index (χ2n) is 7.56. The molecule has 1 saturated carbocycles. The minimum absolute atomic E-state index is 0. The van der Waals surface area contributed by atoms with Crippen molar-refractivity contribution in [3.05, 3.63) is 34.9 Å². The third-order valence-electron chi connectivity index (χ3n) is 5.83. The van der Waals surface area contributed by atoms with E-state index < -0.39 is 0 Å². The standard InChI is InChI=1S/C20H29ClN2O.2ClH/c21-18-5-3-16(4-6-18)20(24)17-10-13-23(14-11-17)12-9-15-1-7-19(22)8-2-15;;/h3-6,15,17,19H,1-2,7-14,22H2;2*1H/t15-,19-;;. The number of ketones is 1. The molecule has 0 amide bonds. The maximum atomic E-state index is 12.6. The Hall–Kier alpha value is -0.320. The average Bonchev–Trinajstić information content (AvgIpc) is 2.62. The van der Waals surface area contributed by atoms with Crippen LogP contribution in [0, 0.1) is 11.8 Å². The molecule has 1 aliphatic carbocycles. The SMILES string of the molecule is Cl.Cl.N[C@H]1CC[C@H](CCN2CCC(C(=O)c3ccc(Cl)cc3)CC2)CC1. The second kappa shape index (κ2) is 11.5. The van der Waals surface area contributed by atoms with Crippen LogP contribution in [0.4, 0.5) is 0 Å². The molecule has 0 bridgehead atoms. The van der Waals surface area contributed by atoms with Crippen LogP contribution in [-0.2, 0) is 0 Å². The molecule has 0 unspecified atom stereocenters. The molecular formula is C20H31Cl3N2O. The van der Waals surface area contributed by atoms with Gasteiger partial charge in [0.2, 0.25) is 0 Å². The molecule has 0 aromatic heterocycles. The number of rotatable bonds is 5.